The molecule has 0 saturated heterocycles. The number of ether oxygens (including phenoxy) is 2. The Morgan fingerprint density at radius 3 is 2.56 bits per heavy atom. The molecule has 0 saturated carbocycles. The van der Waals surface area contributed by atoms with E-state index in [2.05, 4.69) is 9.97 Å². The highest BCUT2D eigenvalue weighted by atomic mass is 35.5. The van der Waals surface area contributed by atoms with Gasteiger partial charge in [0.05, 0.1) is 17.6 Å². The van der Waals surface area contributed by atoms with Crippen molar-refractivity contribution in [2.24, 2.45) is 0 Å². The van der Waals surface area contributed by atoms with Gasteiger partial charge in [-0.05, 0) is 43.7 Å². The predicted octanol–water partition coefficient (Wildman–Crippen LogP) is 5.09. The van der Waals surface area contributed by atoms with Crippen molar-refractivity contribution >= 4 is 45.0 Å². The Hall–Kier alpha value is -3.24. The van der Waals surface area contributed by atoms with Crippen molar-refractivity contribution in [1.82, 2.24) is 14.5 Å². The number of fused-ring (bicyclic) bond motifs is 1. The summed E-state index contributed by atoms with van der Waals surface area (Å²) < 4.78 is 41.1. The molecule has 2 aromatic carbocycles. The molecular weight excluding hydrogens is 486 g/mol. The van der Waals surface area contributed by atoms with Gasteiger partial charge >= 0.3 is 0 Å². The highest BCUT2D eigenvalue weighted by Gasteiger charge is 2.22. The Labute approximate surface area is 205 Å². The summed E-state index contributed by atoms with van der Waals surface area (Å²) in [5.74, 6) is -0.561. The van der Waals surface area contributed by atoms with Crippen LogP contribution >= 0.6 is 23.7 Å². The third kappa shape index (κ3) is 6.21. The normalized spacial score (nSPS) is 10.7. The van der Waals surface area contributed by atoms with Gasteiger partial charge in [0.25, 0.3) is 5.91 Å². The first-order chi connectivity index (χ1) is 16.0. The zero-order chi connectivity index (χ0) is 23.2. The molecular formula is C23H23ClF2N4O3S. The number of amides is 1. The number of carbonyl (C=O) groups is 1. The summed E-state index contributed by atoms with van der Waals surface area (Å²) >= 11 is 1.06. The van der Waals surface area contributed by atoms with Crippen molar-refractivity contribution in [2.75, 3.05) is 24.7 Å². The molecule has 2 aromatic heterocycles. The maximum atomic E-state index is 14.2. The van der Waals surface area contributed by atoms with Crippen LogP contribution in [-0.4, -0.2) is 40.2 Å². The highest BCUT2D eigenvalue weighted by molar-refractivity contribution is 7.22. The minimum atomic E-state index is -0.760. The van der Waals surface area contributed by atoms with Gasteiger partial charge in [0.2, 0.25) is 0 Å². The standard InChI is InChI=1S/C23H22F2N4O3S.ClH/c1-2-31-17-4-6-18(7-5-17)32-14-21(30)29(10-3-9-28-11-8-26-15-28)23-27-22-19(25)12-16(24)13-20(22)33-23;/h4-8,11-13,15H,2-3,9-10,14H2,1H3;1H. The lowest BCUT2D eigenvalue weighted by molar-refractivity contribution is -0.120. The first-order valence-electron chi connectivity index (χ1n) is 10.4. The number of aryl methyl sites for hydroxylation is 1. The molecule has 0 aliphatic carbocycles. The molecule has 0 unspecified atom stereocenters. The average Bonchev–Trinajstić information content (AvgIpc) is 3.46. The third-order valence-corrected chi connectivity index (χ3v) is 5.81. The summed E-state index contributed by atoms with van der Waals surface area (Å²) in [6, 6.07) is 8.96. The van der Waals surface area contributed by atoms with Crippen molar-refractivity contribution in [3.63, 3.8) is 0 Å². The summed E-state index contributed by atoms with van der Waals surface area (Å²) in [5.41, 5.74) is 0.0382. The van der Waals surface area contributed by atoms with Crippen LogP contribution in [0.4, 0.5) is 13.9 Å². The van der Waals surface area contributed by atoms with Gasteiger partial charge in [0.1, 0.15) is 22.8 Å². The van der Waals surface area contributed by atoms with Crippen LogP contribution < -0.4 is 14.4 Å². The molecule has 34 heavy (non-hydrogen) atoms. The maximum Gasteiger partial charge on any atom is 0.266 e. The zero-order valence-electron chi connectivity index (χ0n) is 18.3. The van der Waals surface area contributed by atoms with E-state index in [0.717, 1.165) is 17.4 Å². The maximum absolute atomic E-state index is 14.2. The summed E-state index contributed by atoms with van der Waals surface area (Å²) in [7, 11) is 0. The van der Waals surface area contributed by atoms with E-state index in [-0.39, 0.29) is 30.4 Å². The van der Waals surface area contributed by atoms with Gasteiger partial charge in [-0.15, -0.1) is 12.4 Å². The van der Waals surface area contributed by atoms with Gasteiger partial charge < -0.3 is 14.0 Å². The largest absolute Gasteiger partial charge is 0.494 e. The zero-order valence-corrected chi connectivity index (χ0v) is 20.0. The molecule has 0 aliphatic heterocycles. The molecule has 7 nitrogen and oxygen atoms in total. The van der Waals surface area contributed by atoms with Gasteiger partial charge in [-0.2, -0.15) is 0 Å². The molecule has 0 aliphatic rings. The molecule has 0 spiro atoms. The van der Waals surface area contributed by atoms with E-state index in [0.29, 0.717) is 47.4 Å². The second-order valence-electron chi connectivity index (χ2n) is 7.12. The van der Waals surface area contributed by atoms with Crippen LogP contribution in [0.25, 0.3) is 10.2 Å². The number of anilines is 1. The van der Waals surface area contributed by atoms with Crippen molar-refractivity contribution < 1.29 is 23.0 Å². The van der Waals surface area contributed by atoms with Crippen LogP contribution in [0.15, 0.2) is 55.1 Å². The molecule has 2 heterocycles. The minimum absolute atomic E-state index is 0. The lowest BCUT2D eigenvalue weighted by Crippen LogP contribution is -2.36. The van der Waals surface area contributed by atoms with E-state index >= 15 is 0 Å². The second kappa shape index (κ2) is 11.8. The fourth-order valence-corrected chi connectivity index (χ4v) is 4.29. The molecule has 0 fully saturated rings. The fourth-order valence-electron chi connectivity index (χ4n) is 3.24. The molecule has 0 N–H and O–H groups in total. The number of rotatable bonds is 10. The number of hydrogen-bond acceptors (Lipinski definition) is 6. The predicted molar refractivity (Wildman–Crippen MR) is 129 cm³/mol. The first kappa shape index (κ1) is 25.4. The topological polar surface area (TPSA) is 69.5 Å². The lowest BCUT2D eigenvalue weighted by atomic mass is 10.3. The number of halogens is 3. The van der Waals surface area contributed by atoms with Crippen molar-refractivity contribution in [3.05, 3.63) is 66.8 Å². The van der Waals surface area contributed by atoms with E-state index < -0.39 is 11.6 Å². The Bertz CT molecular complexity index is 1220. The minimum Gasteiger partial charge on any atom is -0.494 e. The number of hydrogen-bond donors (Lipinski definition) is 0. The van der Waals surface area contributed by atoms with Gasteiger partial charge in [0, 0.05) is 31.5 Å². The second-order valence-corrected chi connectivity index (χ2v) is 8.13. The average molecular weight is 509 g/mol. The van der Waals surface area contributed by atoms with E-state index in [4.69, 9.17) is 9.47 Å². The van der Waals surface area contributed by atoms with Gasteiger partial charge in [-0.1, -0.05) is 11.3 Å². The number of aromatic nitrogens is 3. The van der Waals surface area contributed by atoms with Crippen LogP contribution in [-0.2, 0) is 11.3 Å². The molecule has 0 atom stereocenters. The summed E-state index contributed by atoms with van der Waals surface area (Å²) in [6.45, 7) is 3.18. The first-order valence-corrected chi connectivity index (χ1v) is 11.2. The fraction of sp³-hybridized carbons (Fsp3) is 0.261. The lowest BCUT2D eigenvalue weighted by Gasteiger charge is -2.20. The Balaban J connectivity index is 0.00000324. The third-order valence-electron chi connectivity index (χ3n) is 4.79. The Morgan fingerprint density at radius 1 is 1.15 bits per heavy atom. The van der Waals surface area contributed by atoms with Crippen LogP contribution in [0.3, 0.4) is 0 Å². The van der Waals surface area contributed by atoms with E-state index in [9.17, 15) is 13.6 Å². The summed E-state index contributed by atoms with van der Waals surface area (Å²) in [6.07, 6.45) is 5.81. The van der Waals surface area contributed by atoms with Crippen LogP contribution in [0.5, 0.6) is 11.5 Å². The smallest absolute Gasteiger partial charge is 0.266 e. The van der Waals surface area contributed by atoms with Crippen molar-refractivity contribution in [2.45, 2.75) is 19.9 Å². The van der Waals surface area contributed by atoms with Crippen LogP contribution in [0.1, 0.15) is 13.3 Å². The number of imidazole rings is 1. The van der Waals surface area contributed by atoms with Crippen molar-refractivity contribution in [3.8, 4) is 11.5 Å². The van der Waals surface area contributed by atoms with E-state index in [1.807, 2.05) is 17.7 Å². The molecule has 4 aromatic rings. The molecule has 11 heteroatoms. The van der Waals surface area contributed by atoms with E-state index in [1.54, 1.807) is 36.8 Å². The van der Waals surface area contributed by atoms with E-state index in [1.165, 1.54) is 11.0 Å². The molecule has 0 bridgehead atoms. The number of carbonyl (C=O) groups excluding carboxylic acids is 1. The molecule has 4 rings (SSSR count). The quantitative estimate of drug-likeness (QED) is 0.298. The monoisotopic (exact) mass is 508 g/mol. The van der Waals surface area contributed by atoms with Crippen LogP contribution in [0, 0.1) is 11.6 Å². The number of nitrogens with zero attached hydrogens (tertiary/aromatic N) is 4. The molecule has 1 amide bonds. The Morgan fingerprint density at radius 2 is 1.88 bits per heavy atom. The highest BCUT2D eigenvalue weighted by Crippen LogP contribution is 2.31. The summed E-state index contributed by atoms with van der Waals surface area (Å²) in [5, 5.41) is 0.292. The van der Waals surface area contributed by atoms with Crippen LogP contribution in [0.2, 0.25) is 0 Å². The Kier molecular flexibility index (Phi) is 8.78. The summed E-state index contributed by atoms with van der Waals surface area (Å²) in [4.78, 5) is 22.8. The molecule has 0 radical (unpaired) electrons. The van der Waals surface area contributed by atoms with Gasteiger partial charge in [-0.3, -0.25) is 9.69 Å². The molecule has 180 valence electrons. The van der Waals surface area contributed by atoms with Crippen molar-refractivity contribution in [1.29, 1.82) is 0 Å². The van der Waals surface area contributed by atoms with Gasteiger partial charge in [-0.25, -0.2) is 18.7 Å². The number of benzene rings is 2. The van der Waals surface area contributed by atoms with Gasteiger partial charge in [0.15, 0.2) is 17.6 Å². The number of thiazole rings is 1. The SMILES string of the molecule is CCOc1ccc(OCC(=O)N(CCCn2ccnc2)c2nc3c(F)cc(F)cc3s2)cc1.Cl.